The minimum absolute atomic E-state index is 0.391. The number of nitrogens with one attached hydrogen (secondary N) is 1. The van der Waals surface area contributed by atoms with Crippen LogP contribution in [0.4, 0.5) is 4.39 Å². The standard InChI is InChI=1S/C13H8ClFN6S/c1-6-9(5-16-17-6)12-20-21-11(18-19-13(21)22-12)8-4-7(15)2-3-10(8)14/h2-5H,1H3,(H,16,17). The lowest BCUT2D eigenvalue weighted by Gasteiger charge is -2.00. The normalized spacial score (nSPS) is 11.4. The summed E-state index contributed by atoms with van der Waals surface area (Å²) in [5, 5.41) is 20.6. The number of aryl methyl sites for hydroxylation is 1. The van der Waals surface area contributed by atoms with Crippen molar-refractivity contribution in [2.75, 3.05) is 0 Å². The lowest BCUT2D eigenvalue weighted by atomic mass is 10.2. The molecule has 22 heavy (non-hydrogen) atoms. The number of aromatic amines is 1. The Morgan fingerprint density at radius 3 is 2.91 bits per heavy atom. The maximum absolute atomic E-state index is 13.5. The number of H-pyrrole nitrogens is 1. The van der Waals surface area contributed by atoms with Gasteiger partial charge in [0.15, 0.2) is 10.8 Å². The molecule has 0 spiro atoms. The summed E-state index contributed by atoms with van der Waals surface area (Å²) >= 11 is 7.51. The monoisotopic (exact) mass is 334 g/mol. The summed E-state index contributed by atoms with van der Waals surface area (Å²) in [4.78, 5) is 0.603. The number of fused-ring (bicyclic) bond motifs is 1. The van der Waals surface area contributed by atoms with E-state index in [2.05, 4.69) is 25.5 Å². The molecule has 0 atom stereocenters. The Morgan fingerprint density at radius 1 is 1.27 bits per heavy atom. The van der Waals surface area contributed by atoms with E-state index < -0.39 is 5.82 Å². The van der Waals surface area contributed by atoms with Crippen molar-refractivity contribution in [3.8, 4) is 22.0 Å². The fraction of sp³-hybridized carbons (Fsp3) is 0.0769. The summed E-state index contributed by atoms with van der Waals surface area (Å²) in [5.41, 5.74) is 2.26. The molecule has 1 N–H and O–H groups in total. The van der Waals surface area contributed by atoms with E-state index in [1.165, 1.54) is 29.5 Å². The number of nitrogens with zero attached hydrogens (tertiary/aromatic N) is 5. The predicted octanol–water partition coefficient (Wildman–Crippen LogP) is 3.34. The van der Waals surface area contributed by atoms with Crippen LogP contribution >= 0.6 is 22.9 Å². The smallest absolute Gasteiger partial charge is 0.235 e. The third kappa shape index (κ3) is 1.99. The molecule has 0 fully saturated rings. The van der Waals surface area contributed by atoms with Gasteiger partial charge >= 0.3 is 0 Å². The van der Waals surface area contributed by atoms with Crippen molar-refractivity contribution < 1.29 is 4.39 Å². The molecular weight excluding hydrogens is 327 g/mol. The Bertz CT molecular complexity index is 988. The van der Waals surface area contributed by atoms with Crippen LogP contribution in [-0.4, -0.2) is 30.0 Å². The van der Waals surface area contributed by atoms with Gasteiger partial charge in [0.2, 0.25) is 4.96 Å². The third-order valence-electron chi connectivity index (χ3n) is 3.22. The molecule has 0 saturated carbocycles. The first-order valence-corrected chi connectivity index (χ1v) is 7.51. The Kier molecular flexibility index (Phi) is 2.95. The van der Waals surface area contributed by atoms with Crippen molar-refractivity contribution in [2.45, 2.75) is 6.92 Å². The van der Waals surface area contributed by atoms with Crippen LogP contribution in [0, 0.1) is 12.7 Å². The third-order valence-corrected chi connectivity index (χ3v) is 4.48. The van der Waals surface area contributed by atoms with E-state index in [4.69, 9.17) is 11.6 Å². The van der Waals surface area contributed by atoms with Crippen molar-refractivity contribution in [1.82, 2.24) is 30.0 Å². The van der Waals surface area contributed by atoms with Gasteiger partial charge in [-0.05, 0) is 25.1 Å². The van der Waals surface area contributed by atoms with Crippen LogP contribution in [0.5, 0.6) is 0 Å². The van der Waals surface area contributed by atoms with Crippen molar-refractivity contribution in [3.63, 3.8) is 0 Å². The molecule has 3 aromatic heterocycles. The first-order valence-electron chi connectivity index (χ1n) is 6.31. The summed E-state index contributed by atoms with van der Waals surface area (Å²) in [6.07, 6.45) is 1.70. The maximum atomic E-state index is 13.5. The summed E-state index contributed by atoms with van der Waals surface area (Å²) < 4.78 is 15.0. The number of benzene rings is 1. The highest BCUT2D eigenvalue weighted by Gasteiger charge is 2.18. The van der Waals surface area contributed by atoms with Gasteiger partial charge in [-0.25, -0.2) is 4.39 Å². The van der Waals surface area contributed by atoms with Gasteiger partial charge < -0.3 is 0 Å². The molecule has 3 heterocycles. The number of rotatable bonds is 2. The van der Waals surface area contributed by atoms with Crippen LogP contribution in [0.25, 0.3) is 26.9 Å². The first-order chi connectivity index (χ1) is 10.6. The van der Waals surface area contributed by atoms with E-state index in [0.29, 0.717) is 21.4 Å². The zero-order valence-corrected chi connectivity index (χ0v) is 12.8. The Labute approximate surface area is 132 Å². The van der Waals surface area contributed by atoms with Crippen molar-refractivity contribution in [2.24, 2.45) is 0 Å². The highest BCUT2D eigenvalue weighted by atomic mass is 35.5. The average molecular weight is 335 g/mol. The molecule has 0 aliphatic carbocycles. The molecule has 4 rings (SSSR count). The van der Waals surface area contributed by atoms with E-state index in [1.807, 2.05) is 6.92 Å². The van der Waals surface area contributed by atoms with Gasteiger partial charge in [0, 0.05) is 11.3 Å². The first kappa shape index (κ1) is 13.4. The van der Waals surface area contributed by atoms with E-state index in [9.17, 15) is 4.39 Å². The minimum Gasteiger partial charge on any atom is -0.282 e. The molecule has 0 aliphatic rings. The van der Waals surface area contributed by atoms with E-state index >= 15 is 0 Å². The molecule has 4 aromatic rings. The lowest BCUT2D eigenvalue weighted by molar-refractivity contribution is 0.628. The second kappa shape index (κ2) is 4.85. The fourth-order valence-corrected chi connectivity index (χ4v) is 3.24. The van der Waals surface area contributed by atoms with Crippen LogP contribution in [0.2, 0.25) is 5.02 Å². The summed E-state index contributed by atoms with van der Waals surface area (Å²) in [6, 6.07) is 4.10. The van der Waals surface area contributed by atoms with E-state index in [0.717, 1.165) is 16.3 Å². The Morgan fingerprint density at radius 2 is 2.14 bits per heavy atom. The number of hydrogen-bond acceptors (Lipinski definition) is 5. The zero-order valence-electron chi connectivity index (χ0n) is 11.2. The molecule has 0 amide bonds. The van der Waals surface area contributed by atoms with Crippen LogP contribution < -0.4 is 0 Å². The highest BCUT2D eigenvalue weighted by molar-refractivity contribution is 7.19. The molecule has 9 heteroatoms. The van der Waals surface area contributed by atoms with Crippen molar-refractivity contribution in [3.05, 3.63) is 40.9 Å². The topological polar surface area (TPSA) is 71.8 Å². The van der Waals surface area contributed by atoms with Gasteiger partial charge in [0.25, 0.3) is 0 Å². The summed E-state index contributed by atoms with van der Waals surface area (Å²) in [7, 11) is 0. The van der Waals surface area contributed by atoms with E-state index in [1.54, 1.807) is 10.7 Å². The molecule has 6 nitrogen and oxygen atoms in total. The second-order valence-corrected chi connectivity index (χ2v) is 6.02. The molecular formula is C13H8ClFN6S. The molecule has 110 valence electrons. The van der Waals surface area contributed by atoms with Gasteiger partial charge in [-0.2, -0.15) is 14.7 Å². The van der Waals surface area contributed by atoms with Crippen LogP contribution in [0.1, 0.15) is 5.69 Å². The van der Waals surface area contributed by atoms with Crippen molar-refractivity contribution >= 4 is 27.9 Å². The lowest BCUT2D eigenvalue weighted by Crippen LogP contribution is -1.92. The zero-order chi connectivity index (χ0) is 15.3. The van der Waals surface area contributed by atoms with Crippen molar-refractivity contribution in [1.29, 1.82) is 0 Å². The summed E-state index contributed by atoms with van der Waals surface area (Å²) in [6.45, 7) is 1.91. The van der Waals surface area contributed by atoms with Gasteiger partial charge in [0.05, 0.1) is 16.8 Å². The number of aromatic nitrogens is 6. The Hall–Kier alpha value is -2.32. The second-order valence-electron chi connectivity index (χ2n) is 4.66. The van der Waals surface area contributed by atoms with Gasteiger partial charge in [-0.15, -0.1) is 10.2 Å². The van der Waals surface area contributed by atoms with Gasteiger partial charge in [-0.3, -0.25) is 5.10 Å². The van der Waals surface area contributed by atoms with Gasteiger partial charge in [0.1, 0.15) is 5.82 Å². The molecule has 1 aromatic carbocycles. The predicted molar refractivity (Wildman–Crippen MR) is 81.4 cm³/mol. The minimum atomic E-state index is -0.391. The fourth-order valence-electron chi connectivity index (χ4n) is 2.13. The summed E-state index contributed by atoms with van der Waals surface area (Å²) in [5.74, 6) is 0.0143. The van der Waals surface area contributed by atoms with Gasteiger partial charge in [-0.1, -0.05) is 22.9 Å². The quantitative estimate of drug-likeness (QED) is 0.610. The van der Waals surface area contributed by atoms with Crippen LogP contribution in [-0.2, 0) is 0 Å². The molecule has 0 aliphatic heterocycles. The molecule has 0 unspecified atom stereocenters. The Balaban J connectivity index is 1.91. The highest BCUT2D eigenvalue weighted by Crippen LogP contribution is 2.31. The maximum Gasteiger partial charge on any atom is 0.235 e. The largest absolute Gasteiger partial charge is 0.282 e. The van der Waals surface area contributed by atoms with Crippen LogP contribution in [0.3, 0.4) is 0 Å². The molecule has 0 radical (unpaired) electrons. The van der Waals surface area contributed by atoms with E-state index in [-0.39, 0.29) is 0 Å². The average Bonchev–Trinajstić information content (AvgIpc) is 3.16. The molecule has 0 bridgehead atoms. The number of halogens is 2. The SMILES string of the molecule is Cc1[nH]ncc1-c1nn2c(-c3cc(F)ccc3Cl)nnc2s1. The molecule has 0 saturated heterocycles. The number of hydrogen-bond donors (Lipinski definition) is 1. The van der Waals surface area contributed by atoms with Crippen LogP contribution in [0.15, 0.2) is 24.4 Å².